The molecule has 0 aliphatic carbocycles. The van der Waals surface area contributed by atoms with Crippen molar-refractivity contribution in [1.82, 2.24) is 10.2 Å². The number of morpholine rings is 1. The van der Waals surface area contributed by atoms with E-state index in [9.17, 15) is 10.1 Å². The number of para-hydroxylation sites is 1. The molecule has 1 heterocycles. The fraction of sp³-hybridized carbons (Fsp3) is 0.600. The number of benzene rings is 1. The van der Waals surface area contributed by atoms with Crippen molar-refractivity contribution in [2.75, 3.05) is 32.8 Å². The minimum atomic E-state index is -0.329. The molecule has 0 amide bonds. The zero-order chi connectivity index (χ0) is 15.3. The molecule has 1 aromatic carbocycles. The van der Waals surface area contributed by atoms with Crippen molar-refractivity contribution in [2.24, 2.45) is 0 Å². The van der Waals surface area contributed by atoms with E-state index >= 15 is 0 Å². The molecule has 0 radical (unpaired) electrons. The van der Waals surface area contributed by atoms with Gasteiger partial charge in [0.1, 0.15) is 0 Å². The molecule has 0 unspecified atom stereocenters. The monoisotopic (exact) mass is 293 g/mol. The molecule has 1 fully saturated rings. The van der Waals surface area contributed by atoms with Crippen molar-refractivity contribution in [1.29, 1.82) is 0 Å². The third kappa shape index (κ3) is 4.23. The lowest BCUT2D eigenvalue weighted by molar-refractivity contribution is -0.385. The van der Waals surface area contributed by atoms with E-state index in [1.54, 1.807) is 18.2 Å². The Morgan fingerprint density at radius 1 is 1.33 bits per heavy atom. The van der Waals surface area contributed by atoms with Gasteiger partial charge in [-0.1, -0.05) is 18.2 Å². The van der Waals surface area contributed by atoms with Crippen LogP contribution in [0.5, 0.6) is 0 Å². The van der Waals surface area contributed by atoms with Crippen molar-refractivity contribution in [2.45, 2.75) is 25.9 Å². The first-order valence-electron chi connectivity index (χ1n) is 7.26. The Labute approximate surface area is 125 Å². The lowest BCUT2D eigenvalue weighted by Gasteiger charge is -2.41. The minimum absolute atomic E-state index is 0.00728. The molecule has 1 saturated heterocycles. The van der Waals surface area contributed by atoms with Crippen molar-refractivity contribution < 1.29 is 9.66 Å². The number of nitrogens with one attached hydrogen (secondary N) is 1. The van der Waals surface area contributed by atoms with E-state index in [1.165, 1.54) is 0 Å². The fourth-order valence-corrected chi connectivity index (χ4v) is 2.62. The van der Waals surface area contributed by atoms with Gasteiger partial charge in [0.25, 0.3) is 5.69 Å². The van der Waals surface area contributed by atoms with Crippen LogP contribution >= 0.6 is 0 Å². The zero-order valence-electron chi connectivity index (χ0n) is 12.7. The second-order valence-corrected chi connectivity index (χ2v) is 5.90. The van der Waals surface area contributed by atoms with Gasteiger partial charge in [0.15, 0.2) is 0 Å². The van der Waals surface area contributed by atoms with Crippen LogP contribution < -0.4 is 5.32 Å². The van der Waals surface area contributed by atoms with Crippen LogP contribution in [0.25, 0.3) is 0 Å². The summed E-state index contributed by atoms with van der Waals surface area (Å²) in [5, 5.41) is 14.3. The Kier molecular flexibility index (Phi) is 5.27. The third-order valence-corrected chi connectivity index (χ3v) is 3.93. The largest absolute Gasteiger partial charge is 0.379 e. The van der Waals surface area contributed by atoms with Crippen molar-refractivity contribution >= 4 is 5.69 Å². The summed E-state index contributed by atoms with van der Waals surface area (Å²) in [4.78, 5) is 13.0. The second kappa shape index (κ2) is 6.98. The Hall–Kier alpha value is -1.50. The number of ether oxygens (including phenoxy) is 1. The SMILES string of the molecule is CC(C)(CNCc1ccccc1[N+](=O)[O-])N1CCOCC1. The average Bonchev–Trinajstić information content (AvgIpc) is 2.48. The normalized spacial score (nSPS) is 16.9. The van der Waals surface area contributed by atoms with Crippen molar-refractivity contribution in [3.05, 3.63) is 39.9 Å². The molecule has 0 atom stereocenters. The fourth-order valence-electron chi connectivity index (χ4n) is 2.62. The molecule has 1 aromatic rings. The van der Waals surface area contributed by atoms with Gasteiger partial charge in [-0.3, -0.25) is 15.0 Å². The number of hydrogen-bond donors (Lipinski definition) is 1. The number of rotatable bonds is 6. The van der Waals surface area contributed by atoms with Crippen LogP contribution in [-0.4, -0.2) is 48.2 Å². The van der Waals surface area contributed by atoms with Gasteiger partial charge in [0.05, 0.1) is 18.1 Å². The summed E-state index contributed by atoms with van der Waals surface area (Å²) in [6, 6.07) is 6.87. The van der Waals surface area contributed by atoms with Crippen LogP contribution in [-0.2, 0) is 11.3 Å². The predicted octanol–water partition coefficient (Wildman–Crippen LogP) is 1.80. The minimum Gasteiger partial charge on any atom is -0.379 e. The number of nitro groups is 1. The molecule has 0 saturated carbocycles. The molecule has 0 bridgehead atoms. The van der Waals surface area contributed by atoms with Gasteiger partial charge in [-0.25, -0.2) is 0 Å². The maximum atomic E-state index is 11.0. The second-order valence-electron chi connectivity index (χ2n) is 5.90. The van der Waals surface area contributed by atoms with Gasteiger partial charge in [0.2, 0.25) is 0 Å². The van der Waals surface area contributed by atoms with Gasteiger partial charge in [-0.15, -0.1) is 0 Å². The standard InChI is InChI=1S/C15H23N3O3/c1-15(2,17-7-9-21-10-8-17)12-16-11-13-5-3-4-6-14(13)18(19)20/h3-6,16H,7-12H2,1-2H3. The Morgan fingerprint density at radius 3 is 2.67 bits per heavy atom. The quantitative estimate of drug-likeness (QED) is 0.640. The van der Waals surface area contributed by atoms with E-state index in [0.29, 0.717) is 6.54 Å². The number of nitrogens with zero attached hydrogens (tertiary/aromatic N) is 2. The maximum absolute atomic E-state index is 11.0. The van der Waals surface area contributed by atoms with Gasteiger partial charge < -0.3 is 10.1 Å². The topological polar surface area (TPSA) is 67.6 Å². The van der Waals surface area contributed by atoms with E-state index in [1.807, 2.05) is 6.07 Å². The average molecular weight is 293 g/mol. The highest BCUT2D eigenvalue weighted by Gasteiger charge is 2.27. The van der Waals surface area contributed by atoms with Gasteiger partial charge in [-0.2, -0.15) is 0 Å². The van der Waals surface area contributed by atoms with Gasteiger partial charge >= 0.3 is 0 Å². The number of nitro benzene ring substituents is 1. The molecule has 1 N–H and O–H groups in total. The first-order chi connectivity index (χ1) is 10.0. The molecule has 6 heteroatoms. The summed E-state index contributed by atoms with van der Waals surface area (Å²) in [5.74, 6) is 0. The Morgan fingerprint density at radius 2 is 2.00 bits per heavy atom. The Bertz CT molecular complexity index is 485. The molecule has 116 valence electrons. The highest BCUT2D eigenvalue weighted by Crippen LogP contribution is 2.19. The molecule has 0 aromatic heterocycles. The third-order valence-electron chi connectivity index (χ3n) is 3.93. The lowest BCUT2D eigenvalue weighted by atomic mass is 10.0. The molecule has 21 heavy (non-hydrogen) atoms. The van der Waals surface area contributed by atoms with Crippen LogP contribution in [0.2, 0.25) is 0 Å². The molecule has 0 spiro atoms. The molecule has 1 aliphatic rings. The van der Waals surface area contributed by atoms with E-state index in [0.717, 1.165) is 38.4 Å². The van der Waals surface area contributed by atoms with E-state index in [4.69, 9.17) is 4.74 Å². The molecule has 1 aliphatic heterocycles. The van der Waals surface area contributed by atoms with Crippen LogP contribution in [0, 0.1) is 10.1 Å². The smallest absolute Gasteiger partial charge is 0.273 e. The number of hydrogen-bond acceptors (Lipinski definition) is 5. The Balaban J connectivity index is 1.90. The maximum Gasteiger partial charge on any atom is 0.273 e. The van der Waals surface area contributed by atoms with Gasteiger partial charge in [0, 0.05) is 43.3 Å². The molecule has 2 rings (SSSR count). The highest BCUT2D eigenvalue weighted by molar-refractivity contribution is 5.39. The van der Waals surface area contributed by atoms with Crippen LogP contribution in [0.4, 0.5) is 5.69 Å². The zero-order valence-corrected chi connectivity index (χ0v) is 12.7. The molecule has 6 nitrogen and oxygen atoms in total. The highest BCUT2D eigenvalue weighted by atomic mass is 16.6. The predicted molar refractivity (Wildman–Crippen MR) is 81.3 cm³/mol. The summed E-state index contributed by atoms with van der Waals surface area (Å²) in [5.41, 5.74) is 0.905. The van der Waals surface area contributed by atoms with Crippen LogP contribution in [0.15, 0.2) is 24.3 Å². The summed E-state index contributed by atoms with van der Waals surface area (Å²) in [6.45, 7) is 9.06. The molecular formula is C15H23N3O3. The van der Waals surface area contributed by atoms with Crippen LogP contribution in [0.1, 0.15) is 19.4 Å². The van der Waals surface area contributed by atoms with Crippen molar-refractivity contribution in [3.8, 4) is 0 Å². The molecular weight excluding hydrogens is 270 g/mol. The van der Waals surface area contributed by atoms with Crippen LogP contribution in [0.3, 0.4) is 0 Å². The van der Waals surface area contributed by atoms with Crippen molar-refractivity contribution in [3.63, 3.8) is 0 Å². The van der Waals surface area contributed by atoms with E-state index in [2.05, 4.69) is 24.1 Å². The van der Waals surface area contributed by atoms with E-state index in [-0.39, 0.29) is 16.1 Å². The first kappa shape index (κ1) is 15.9. The van der Waals surface area contributed by atoms with E-state index < -0.39 is 0 Å². The lowest BCUT2D eigenvalue weighted by Crippen LogP contribution is -2.54. The first-order valence-corrected chi connectivity index (χ1v) is 7.26. The summed E-state index contributed by atoms with van der Waals surface area (Å²) < 4.78 is 5.37. The summed E-state index contributed by atoms with van der Waals surface area (Å²) in [7, 11) is 0. The summed E-state index contributed by atoms with van der Waals surface area (Å²) in [6.07, 6.45) is 0. The summed E-state index contributed by atoms with van der Waals surface area (Å²) >= 11 is 0. The van der Waals surface area contributed by atoms with Gasteiger partial charge in [-0.05, 0) is 13.8 Å².